The van der Waals surface area contributed by atoms with Crippen molar-refractivity contribution in [3.05, 3.63) is 59.4 Å². The fraction of sp³-hybridized carbons (Fsp3) is 0.348. The van der Waals surface area contributed by atoms with Gasteiger partial charge in [0.15, 0.2) is 0 Å². The first kappa shape index (κ1) is 20.1. The Bertz CT molecular complexity index is 1040. The number of aryl methyl sites for hydroxylation is 2. The summed E-state index contributed by atoms with van der Waals surface area (Å²) in [5.74, 6) is 0.709. The highest BCUT2D eigenvalue weighted by atomic mass is 16.5. The van der Waals surface area contributed by atoms with E-state index in [0.29, 0.717) is 12.1 Å². The van der Waals surface area contributed by atoms with Gasteiger partial charge in [-0.15, -0.1) is 0 Å². The highest BCUT2D eigenvalue weighted by Gasteiger charge is 2.17. The third kappa shape index (κ3) is 5.04. The maximum Gasteiger partial charge on any atom is 0.251 e. The highest BCUT2D eigenvalue weighted by molar-refractivity contribution is 5.97. The van der Waals surface area contributed by atoms with Crippen LogP contribution >= 0.6 is 0 Å². The molecule has 0 radical (unpaired) electrons. The van der Waals surface area contributed by atoms with Gasteiger partial charge in [-0.25, -0.2) is 4.98 Å². The lowest BCUT2D eigenvalue weighted by atomic mass is 10.1. The number of rotatable bonds is 7. The van der Waals surface area contributed by atoms with Crippen molar-refractivity contribution in [3.8, 4) is 0 Å². The van der Waals surface area contributed by atoms with E-state index in [1.807, 2.05) is 36.4 Å². The summed E-state index contributed by atoms with van der Waals surface area (Å²) in [5, 5.41) is 5.72. The summed E-state index contributed by atoms with van der Waals surface area (Å²) in [6.07, 6.45) is 3.77. The molecule has 1 atom stereocenters. The predicted molar refractivity (Wildman–Crippen MR) is 116 cm³/mol. The summed E-state index contributed by atoms with van der Waals surface area (Å²) in [5.41, 5.74) is 4.28. The number of nitrogens with zero attached hydrogens (tertiary/aromatic N) is 1. The van der Waals surface area contributed by atoms with E-state index in [2.05, 4.69) is 20.6 Å². The van der Waals surface area contributed by atoms with Gasteiger partial charge in [0.2, 0.25) is 5.91 Å². The summed E-state index contributed by atoms with van der Waals surface area (Å²) in [7, 11) is 0. The van der Waals surface area contributed by atoms with Crippen LogP contribution in [-0.4, -0.2) is 41.0 Å². The molecular formula is C23H26N4O3. The molecule has 0 saturated carbocycles. The van der Waals surface area contributed by atoms with Crippen molar-refractivity contribution in [3.63, 3.8) is 0 Å². The van der Waals surface area contributed by atoms with Crippen molar-refractivity contribution in [1.82, 2.24) is 15.3 Å². The molecule has 2 heterocycles. The van der Waals surface area contributed by atoms with E-state index < -0.39 is 0 Å². The van der Waals surface area contributed by atoms with Crippen molar-refractivity contribution in [2.24, 2.45) is 0 Å². The Labute approximate surface area is 175 Å². The number of hydrogen-bond donors (Lipinski definition) is 3. The number of fused-ring (bicyclic) bond motifs is 1. The van der Waals surface area contributed by atoms with Crippen molar-refractivity contribution in [1.29, 1.82) is 0 Å². The fourth-order valence-electron chi connectivity index (χ4n) is 3.66. The Kier molecular flexibility index (Phi) is 6.09. The summed E-state index contributed by atoms with van der Waals surface area (Å²) >= 11 is 0. The average Bonchev–Trinajstić information content (AvgIpc) is 3.40. The van der Waals surface area contributed by atoms with Crippen molar-refractivity contribution in [2.75, 3.05) is 18.5 Å². The Hall–Kier alpha value is -3.19. The highest BCUT2D eigenvalue weighted by Crippen LogP contribution is 2.17. The fourth-order valence-corrected chi connectivity index (χ4v) is 3.66. The van der Waals surface area contributed by atoms with Gasteiger partial charge < -0.3 is 20.4 Å². The zero-order valence-electron chi connectivity index (χ0n) is 17.0. The van der Waals surface area contributed by atoms with E-state index in [1.165, 1.54) is 12.5 Å². The van der Waals surface area contributed by atoms with Crippen molar-refractivity contribution < 1.29 is 14.3 Å². The molecule has 2 amide bonds. The molecule has 2 aromatic carbocycles. The summed E-state index contributed by atoms with van der Waals surface area (Å²) < 4.78 is 5.55. The molecule has 0 aliphatic carbocycles. The minimum atomic E-state index is -0.0946. The number of amides is 2. The lowest BCUT2D eigenvalue weighted by Gasteiger charge is -2.10. The number of H-pyrrole nitrogens is 1. The number of aromatic amines is 1. The van der Waals surface area contributed by atoms with Crippen LogP contribution < -0.4 is 10.6 Å². The minimum absolute atomic E-state index is 0.0788. The Morgan fingerprint density at radius 3 is 2.73 bits per heavy atom. The molecule has 0 unspecified atom stereocenters. The van der Waals surface area contributed by atoms with Crippen LogP contribution in [0, 0.1) is 0 Å². The lowest BCUT2D eigenvalue weighted by Crippen LogP contribution is -2.31. The second kappa shape index (κ2) is 9.09. The van der Waals surface area contributed by atoms with Crippen LogP contribution in [0.25, 0.3) is 11.0 Å². The van der Waals surface area contributed by atoms with Crippen molar-refractivity contribution in [2.45, 2.75) is 38.7 Å². The third-order valence-electron chi connectivity index (χ3n) is 5.23. The SMILES string of the molecule is CC(=O)Nc1ccc(CCc2nc3ccc(C(=O)NC[C@@H]4CCCO4)cc3[nH]2)cc1. The van der Waals surface area contributed by atoms with E-state index in [4.69, 9.17) is 4.74 Å². The van der Waals surface area contributed by atoms with Gasteiger partial charge in [-0.3, -0.25) is 9.59 Å². The number of carbonyl (C=O) groups is 2. The molecule has 4 rings (SSSR count). The molecule has 1 aliphatic rings. The topological polar surface area (TPSA) is 96.1 Å². The quantitative estimate of drug-likeness (QED) is 0.561. The van der Waals surface area contributed by atoms with Crippen LogP contribution in [0.3, 0.4) is 0 Å². The summed E-state index contributed by atoms with van der Waals surface area (Å²) in [6.45, 7) is 2.82. The number of nitrogens with one attached hydrogen (secondary N) is 3. The van der Waals surface area contributed by atoms with Gasteiger partial charge >= 0.3 is 0 Å². The first-order valence-electron chi connectivity index (χ1n) is 10.3. The molecule has 7 nitrogen and oxygen atoms in total. The Morgan fingerprint density at radius 2 is 2.00 bits per heavy atom. The molecule has 1 saturated heterocycles. The van der Waals surface area contributed by atoms with E-state index in [-0.39, 0.29) is 17.9 Å². The third-order valence-corrected chi connectivity index (χ3v) is 5.23. The second-order valence-corrected chi connectivity index (χ2v) is 7.64. The van der Waals surface area contributed by atoms with E-state index in [0.717, 1.165) is 54.8 Å². The van der Waals surface area contributed by atoms with Crippen LogP contribution in [0.15, 0.2) is 42.5 Å². The Morgan fingerprint density at radius 1 is 1.17 bits per heavy atom. The largest absolute Gasteiger partial charge is 0.376 e. The average molecular weight is 406 g/mol. The van der Waals surface area contributed by atoms with Crippen LogP contribution in [-0.2, 0) is 22.4 Å². The predicted octanol–water partition coefficient (Wildman–Crippen LogP) is 3.22. The minimum Gasteiger partial charge on any atom is -0.376 e. The first-order valence-corrected chi connectivity index (χ1v) is 10.3. The summed E-state index contributed by atoms with van der Waals surface area (Å²) in [4.78, 5) is 31.5. The normalized spacial score (nSPS) is 16.0. The standard InChI is InChI=1S/C23H26N4O3/c1-15(28)25-18-8-4-16(5-9-18)6-11-22-26-20-10-7-17(13-21(20)27-22)23(29)24-14-19-3-2-12-30-19/h4-5,7-10,13,19H,2-3,6,11-12,14H2,1H3,(H,24,29)(H,25,28)(H,26,27)/t19-/m0/s1. The van der Waals surface area contributed by atoms with Gasteiger partial charge in [-0.1, -0.05) is 12.1 Å². The molecular weight excluding hydrogens is 380 g/mol. The molecule has 0 spiro atoms. The maximum absolute atomic E-state index is 12.4. The zero-order valence-corrected chi connectivity index (χ0v) is 17.0. The van der Waals surface area contributed by atoms with Gasteiger partial charge in [0.1, 0.15) is 5.82 Å². The molecule has 30 heavy (non-hydrogen) atoms. The van der Waals surface area contributed by atoms with Crippen LogP contribution in [0.2, 0.25) is 0 Å². The first-order chi connectivity index (χ1) is 14.6. The van der Waals surface area contributed by atoms with E-state index in [9.17, 15) is 9.59 Å². The number of ether oxygens (including phenoxy) is 1. The van der Waals surface area contributed by atoms with Gasteiger partial charge in [0, 0.05) is 37.7 Å². The Balaban J connectivity index is 1.36. The van der Waals surface area contributed by atoms with Gasteiger partial charge in [-0.05, 0) is 55.2 Å². The van der Waals surface area contributed by atoms with Crippen LogP contribution in [0.4, 0.5) is 5.69 Å². The van der Waals surface area contributed by atoms with Gasteiger partial charge in [-0.2, -0.15) is 0 Å². The molecule has 3 aromatic rings. The van der Waals surface area contributed by atoms with Crippen molar-refractivity contribution >= 4 is 28.5 Å². The molecule has 1 aliphatic heterocycles. The van der Waals surface area contributed by atoms with E-state index in [1.54, 1.807) is 6.07 Å². The van der Waals surface area contributed by atoms with Crippen LogP contribution in [0.1, 0.15) is 41.5 Å². The number of aromatic nitrogens is 2. The second-order valence-electron chi connectivity index (χ2n) is 7.64. The van der Waals surface area contributed by atoms with E-state index >= 15 is 0 Å². The molecule has 1 aromatic heterocycles. The number of carbonyl (C=O) groups excluding carboxylic acids is 2. The van der Waals surface area contributed by atoms with Crippen LogP contribution in [0.5, 0.6) is 0 Å². The molecule has 3 N–H and O–H groups in total. The zero-order chi connectivity index (χ0) is 20.9. The monoisotopic (exact) mass is 406 g/mol. The number of hydrogen-bond acceptors (Lipinski definition) is 4. The molecule has 0 bridgehead atoms. The molecule has 156 valence electrons. The maximum atomic E-state index is 12.4. The molecule has 1 fully saturated rings. The number of imidazole rings is 1. The molecule has 7 heteroatoms. The summed E-state index contributed by atoms with van der Waals surface area (Å²) in [6, 6.07) is 13.3. The number of anilines is 1. The lowest BCUT2D eigenvalue weighted by molar-refractivity contribution is -0.114. The number of benzene rings is 2. The van der Waals surface area contributed by atoms with Gasteiger partial charge in [0.25, 0.3) is 5.91 Å². The van der Waals surface area contributed by atoms with Gasteiger partial charge in [0.05, 0.1) is 17.1 Å². The smallest absolute Gasteiger partial charge is 0.251 e.